The van der Waals surface area contributed by atoms with E-state index in [2.05, 4.69) is 9.97 Å². The lowest BCUT2D eigenvalue weighted by molar-refractivity contribution is 0.0706. The van der Waals surface area contributed by atoms with Crippen molar-refractivity contribution >= 4 is 29.1 Å². The maximum Gasteiger partial charge on any atom is 0.256 e. The van der Waals surface area contributed by atoms with Crippen molar-refractivity contribution in [3.8, 4) is 11.1 Å². The number of aromatic nitrogens is 3. The number of hydrogen-bond acceptors (Lipinski definition) is 4. The lowest BCUT2D eigenvalue weighted by Gasteiger charge is -2.33. The van der Waals surface area contributed by atoms with Crippen molar-refractivity contribution in [1.29, 1.82) is 0 Å². The molecule has 0 radical (unpaired) electrons. The van der Waals surface area contributed by atoms with Gasteiger partial charge in [-0.3, -0.25) is 9.78 Å². The van der Waals surface area contributed by atoms with Crippen LogP contribution in [0, 0.1) is 6.92 Å². The SMILES string of the molecule is Cc1ncc(-c2ccncc2)c(C2CCCN(C(=O)c3c(Cl)cccc3Cl)C2)n1. The van der Waals surface area contributed by atoms with Gasteiger partial charge < -0.3 is 4.90 Å². The highest BCUT2D eigenvalue weighted by atomic mass is 35.5. The summed E-state index contributed by atoms with van der Waals surface area (Å²) in [6.45, 7) is 3.12. The van der Waals surface area contributed by atoms with Gasteiger partial charge in [0.2, 0.25) is 0 Å². The van der Waals surface area contributed by atoms with Gasteiger partial charge in [0.25, 0.3) is 5.91 Å². The Kier molecular flexibility index (Phi) is 5.79. The maximum absolute atomic E-state index is 13.2. The Bertz CT molecular complexity index is 1020. The number of piperidine rings is 1. The van der Waals surface area contributed by atoms with Crippen molar-refractivity contribution in [2.45, 2.75) is 25.7 Å². The third-order valence-corrected chi connectivity index (χ3v) is 5.83. The third-order valence-electron chi connectivity index (χ3n) is 5.20. The fourth-order valence-electron chi connectivity index (χ4n) is 3.80. The summed E-state index contributed by atoms with van der Waals surface area (Å²) < 4.78 is 0. The molecule has 4 rings (SSSR count). The first kappa shape index (κ1) is 19.8. The zero-order valence-electron chi connectivity index (χ0n) is 16.0. The van der Waals surface area contributed by atoms with E-state index < -0.39 is 0 Å². The maximum atomic E-state index is 13.2. The second-order valence-electron chi connectivity index (χ2n) is 7.14. The van der Waals surface area contributed by atoms with Gasteiger partial charge in [-0.05, 0) is 49.6 Å². The van der Waals surface area contributed by atoms with Gasteiger partial charge in [-0.2, -0.15) is 0 Å². The summed E-state index contributed by atoms with van der Waals surface area (Å²) in [4.78, 5) is 28.2. The van der Waals surface area contributed by atoms with Crippen molar-refractivity contribution in [3.05, 3.63) is 76.0 Å². The number of benzene rings is 1. The number of hydrogen-bond donors (Lipinski definition) is 0. The summed E-state index contributed by atoms with van der Waals surface area (Å²) in [7, 11) is 0. The second kappa shape index (κ2) is 8.47. The van der Waals surface area contributed by atoms with Gasteiger partial charge in [-0.15, -0.1) is 0 Å². The van der Waals surface area contributed by atoms with Crippen molar-refractivity contribution in [1.82, 2.24) is 19.9 Å². The number of rotatable bonds is 3. The fourth-order valence-corrected chi connectivity index (χ4v) is 4.36. The van der Waals surface area contributed by atoms with E-state index in [4.69, 9.17) is 28.2 Å². The molecule has 1 fully saturated rings. The van der Waals surface area contributed by atoms with Crippen molar-refractivity contribution < 1.29 is 4.79 Å². The van der Waals surface area contributed by atoms with Crippen LogP contribution in [-0.4, -0.2) is 38.8 Å². The summed E-state index contributed by atoms with van der Waals surface area (Å²) in [6.07, 6.45) is 7.22. The molecule has 148 valence electrons. The van der Waals surface area contributed by atoms with E-state index in [1.54, 1.807) is 30.6 Å². The Labute approximate surface area is 179 Å². The normalized spacial score (nSPS) is 16.7. The Balaban J connectivity index is 1.66. The number of halogens is 2. The number of carbonyl (C=O) groups is 1. The third kappa shape index (κ3) is 4.11. The largest absolute Gasteiger partial charge is 0.338 e. The minimum atomic E-state index is -0.137. The molecule has 5 nitrogen and oxygen atoms in total. The van der Waals surface area contributed by atoms with Crippen molar-refractivity contribution in [2.75, 3.05) is 13.1 Å². The number of pyridine rings is 1. The Morgan fingerprint density at radius 3 is 2.59 bits per heavy atom. The molecule has 7 heteroatoms. The zero-order chi connectivity index (χ0) is 20.4. The Morgan fingerprint density at radius 2 is 1.86 bits per heavy atom. The van der Waals surface area contributed by atoms with Gasteiger partial charge in [0.05, 0.1) is 21.3 Å². The standard InChI is InChI=1S/C22H20Cl2N4O/c1-14-26-12-17(15-7-9-25-10-8-15)21(27-14)16-4-3-11-28(13-16)22(29)20-18(23)5-2-6-19(20)24/h2,5-10,12,16H,3-4,11,13H2,1H3. The highest BCUT2D eigenvalue weighted by Gasteiger charge is 2.30. The van der Waals surface area contributed by atoms with Crippen LogP contribution in [0.4, 0.5) is 0 Å². The van der Waals surface area contributed by atoms with Crippen LogP contribution in [0.15, 0.2) is 48.9 Å². The molecule has 3 aromatic rings. The second-order valence-corrected chi connectivity index (χ2v) is 7.95. The average molecular weight is 427 g/mol. The van der Waals surface area contributed by atoms with Crippen molar-refractivity contribution in [2.24, 2.45) is 0 Å². The fraction of sp³-hybridized carbons (Fsp3) is 0.273. The molecule has 1 saturated heterocycles. The van der Waals surface area contributed by atoms with E-state index in [1.165, 1.54) is 0 Å². The van der Waals surface area contributed by atoms with E-state index in [1.807, 2.05) is 30.2 Å². The molecule has 1 amide bonds. The topological polar surface area (TPSA) is 59.0 Å². The van der Waals surface area contributed by atoms with E-state index >= 15 is 0 Å². The van der Waals surface area contributed by atoms with Gasteiger partial charge in [0.15, 0.2) is 0 Å². The summed E-state index contributed by atoms with van der Waals surface area (Å²) in [5.41, 5.74) is 3.33. The number of nitrogens with zero attached hydrogens (tertiary/aromatic N) is 4. The number of amides is 1. The van der Waals surface area contributed by atoms with Gasteiger partial charge in [-0.25, -0.2) is 9.97 Å². The predicted molar refractivity (Wildman–Crippen MR) is 114 cm³/mol. The minimum Gasteiger partial charge on any atom is -0.338 e. The smallest absolute Gasteiger partial charge is 0.256 e. The van der Waals surface area contributed by atoms with Crippen LogP contribution < -0.4 is 0 Å². The predicted octanol–water partition coefficient (Wildman–Crippen LogP) is 5.17. The average Bonchev–Trinajstić information content (AvgIpc) is 2.74. The molecule has 1 aliphatic heterocycles. The molecular formula is C22H20Cl2N4O. The molecule has 0 N–H and O–H groups in total. The quantitative estimate of drug-likeness (QED) is 0.579. The van der Waals surface area contributed by atoms with Crippen LogP contribution in [0.3, 0.4) is 0 Å². The molecule has 0 bridgehead atoms. The van der Waals surface area contributed by atoms with Crippen LogP contribution >= 0.6 is 23.2 Å². The highest BCUT2D eigenvalue weighted by Crippen LogP contribution is 2.34. The van der Waals surface area contributed by atoms with Gasteiger partial charge in [-0.1, -0.05) is 29.3 Å². The molecular weight excluding hydrogens is 407 g/mol. The molecule has 0 spiro atoms. The lowest BCUT2D eigenvalue weighted by atomic mass is 9.89. The van der Waals surface area contributed by atoms with E-state index in [-0.39, 0.29) is 11.8 Å². The minimum absolute atomic E-state index is 0.110. The van der Waals surface area contributed by atoms with Crippen LogP contribution in [0.2, 0.25) is 10.0 Å². The lowest BCUT2D eigenvalue weighted by Crippen LogP contribution is -2.39. The molecule has 2 aromatic heterocycles. The van der Waals surface area contributed by atoms with Gasteiger partial charge in [0, 0.05) is 43.2 Å². The number of carbonyl (C=O) groups excluding carboxylic acids is 1. The molecule has 29 heavy (non-hydrogen) atoms. The van der Waals surface area contributed by atoms with Crippen molar-refractivity contribution in [3.63, 3.8) is 0 Å². The summed E-state index contributed by atoms with van der Waals surface area (Å²) in [6, 6.07) is 9.03. The molecule has 0 saturated carbocycles. The first-order valence-electron chi connectivity index (χ1n) is 9.52. The Morgan fingerprint density at radius 1 is 1.14 bits per heavy atom. The van der Waals surface area contributed by atoms with E-state index in [0.29, 0.717) is 28.7 Å². The number of likely N-dealkylation sites (tertiary alicyclic amines) is 1. The summed E-state index contributed by atoms with van der Waals surface area (Å²) >= 11 is 12.5. The van der Waals surface area contributed by atoms with Crippen LogP contribution in [0.5, 0.6) is 0 Å². The number of aryl methyl sites for hydroxylation is 1. The molecule has 1 aromatic carbocycles. The van der Waals surface area contributed by atoms with E-state index in [0.717, 1.165) is 35.5 Å². The molecule has 1 atom stereocenters. The molecule has 0 aliphatic carbocycles. The monoisotopic (exact) mass is 426 g/mol. The van der Waals surface area contributed by atoms with Crippen LogP contribution in [-0.2, 0) is 0 Å². The van der Waals surface area contributed by atoms with Crippen LogP contribution in [0.25, 0.3) is 11.1 Å². The summed E-state index contributed by atoms with van der Waals surface area (Å²) in [5.74, 6) is 0.691. The van der Waals surface area contributed by atoms with Gasteiger partial charge in [0.1, 0.15) is 5.82 Å². The first-order chi connectivity index (χ1) is 14.0. The zero-order valence-corrected chi connectivity index (χ0v) is 17.5. The van der Waals surface area contributed by atoms with Gasteiger partial charge >= 0.3 is 0 Å². The van der Waals surface area contributed by atoms with Crippen LogP contribution in [0.1, 0.15) is 40.6 Å². The highest BCUT2D eigenvalue weighted by molar-refractivity contribution is 6.39. The Hall–Kier alpha value is -2.50. The summed E-state index contributed by atoms with van der Waals surface area (Å²) in [5, 5.41) is 0.750. The molecule has 1 unspecified atom stereocenters. The first-order valence-corrected chi connectivity index (χ1v) is 10.3. The molecule has 3 heterocycles. The molecule has 1 aliphatic rings. The van der Waals surface area contributed by atoms with E-state index in [9.17, 15) is 4.79 Å².